The van der Waals surface area contributed by atoms with Gasteiger partial charge in [0.05, 0.1) is 11.9 Å². The van der Waals surface area contributed by atoms with Gasteiger partial charge in [-0.25, -0.2) is 8.42 Å². The fourth-order valence-corrected chi connectivity index (χ4v) is 5.62. The van der Waals surface area contributed by atoms with E-state index in [4.69, 9.17) is 5.73 Å². The van der Waals surface area contributed by atoms with Gasteiger partial charge in [-0.15, -0.1) is 0 Å². The molecule has 1 fully saturated rings. The van der Waals surface area contributed by atoms with Crippen LogP contribution in [0.5, 0.6) is 0 Å². The minimum absolute atomic E-state index is 0.185. The molecule has 0 heterocycles. The molecule has 0 saturated heterocycles. The number of hydrogen-bond acceptors (Lipinski definition) is 4. The van der Waals surface area contributed by atoms with Gasteiger partial charge < -0.3 is 11.1 Å². The fraction of sp³-hybridized carbons (Fsp3) is 0.500. The van der Waals surface area contributed by atoms with Gasteiger partial charge in [0, 0.05) is 24.2 Å². The molecule has 2 aromatic carbocycles. The molecule has 2 aromatic rings. The van der Waals surface area contributed by atoms with E-state index in [2.05, 4.69) is 25.2 Å². The van der Waals surface area contributed by atoms with Crippen LogP contribution in [0.15, 0.2) is 54.6 Å². The smallest absolute Gasteiger partial charge is 0.251 e. The second-order valence-corrected chi connectivity index (χ2v) is 12.4. The first-order valence-corrected chi connectivity index (χ1v) is 15.4. The number of rotatable bonds is 14. The Bertz CT molecular complexity index is 1160. The summed E-state index contributed by atoms with van der Waals surface area (Å²) in [5.74, 6) is 0.960. The Hall–Kier alpha value is -2.64. The van der Waals surface area contributed by atoms with Crippen LogP contribution in [0.1, 0.15) is 74.4 Å². The van der Waals surface area contributed by atoms with E-state index >= 15 is 0 Å². The van der Waals surface area contributed by atoms with E-state index < -0.39 is 10.0 Å². The Labute approximate surface area is 223 Å². The Morgan fingerprint density at radius 1 is 1.16 bits per heavy atom. The van der Waals surface area contributed by atoms with E-state index in [9.17, 15) is 13.2 Å². The van der Waals surface area contributed by atoms with Crippen molar-refractivity contribution in [3.63, 3.8) is 0 Å². The molecule has 0 aliphatic heterocycles. The van der Waals surface area contributed by atoms with Crippen molar-refractivity contribution in [3.8, 4) is 0 Å². The van der Waals surface area contributed by atoms with Crippen molar-refractivity contribution in [3.05, 3.63) is 71.3 Å². The molecule has 1 saturated carbocycles. The zero-order valence-corrected chi connectivity index (χ0v) is 23.5. The molecule has 0 aromatic heterocycles. The van der Waals surface area contributed by atoms with Crippen molar-refractivity contribution in [2.45, 2.75) is 71.4 Å². The first-order chi connectivity index (χ1) is 17.6. The second kappa shape index (κ2) is 13.2. The average Bonchev–Trinajstić information content (AvgIpc) is 3.58. The number of nitrogens with one attached hydrogen (secondary N) is 1. The Kier molecular flexibility index (Phi) is 10.4. The maximum atomic E-state index is 13.6. The van der Waals surface area contributed by atoms with E-state index in [1.165, 1.54) is 10.6 Å². The SMILES string of the molecule is CCCC[C@H](N)[C@H](Cc1ccccc1)NC(=O)c1cc(C=CC2CC2C)cc(N(CCC)S(C)(=O)=O)c1. The van der Waals surface area contributed by atoms with E-state index in [1.807, 2.05) is 55.5 Å². The second-order valence-electron chi connectivity index (χ2n) is 10.5. The van der Waals surface area contributed by atoms with Gasteiger partial charge in [0.1, 0.15) is 0 Å². The highest BCUT2D eigenvalue weighted by atomic mass is 32.2. The third kappa shape index (κ3) is 8.71. The van der Waals surface area contributed by atoms with Crippen molar-refractivity contribution >= 4 is 27.7 Å². The van der Waals surface area contributed by atoms with Crippen molar-refractivity contribution in [2.75, 3.05) is 17.1 Å². The Morgan fingerprint density at radius 3 is 2.46 bits per heavy atom. The summed E-state index contributed by atoms with van der Waals surface area (Å²) in [6.45, 7) is 6.64. The van der Waals surface area contributed by atoms with Gasteiger partial charge in [-0.3, -0.25) is 9.10 Å². The highest BCUT2D eigenvalue weighted by Crippen LogP contribution is 2.39. The van der Waals surface area contributed by atoms with Crippen LogP contribution in [-0.4, -0.2) is 39.2 Å². The van der Waals surface area contributed by atoms with Crippen LogP contribution in [0.3, 0.4) is 0 Å². The molecule has 1 amide bonds. The number of nitrogens with zero attached hydrogens (tertiary/aromatic N) is 1. The van der Waals surface area contributed by atoms with E-state index in [0.717, 1.165) is 36.8 Å². The van der Waals surface area contributed by atoms with Gasteiger partial charge >= 0.3 is 0 Å². The molecule has 6 nitrogen and oxygen atoms in total. The van der Waals surface area contributed by atoms with Gasteiger partial charge in [0.15, 0.2) is 0 Å². The summed E-state index contributed by atoms with van der Waals surface area (Å²) in [5.41, 5.74) is 9.45. The van der Waals surface area contributed by atoms with Gasteiger partial charge in [0.2, 0.25) is 10.0 Å². The van der Waals surface area contributed by atoms with Crippen molar-refractivity contribution in [2.24, 2.45) is 17.6 Å². The molecule has 2 unspecified atom stereocenters. The topological polar surface area (TPSA) is 92.5 Å². The average molecular weight is 526 g/mol. The largest absolute Gasteiger partial charge is 0.347 e. The number of allylic oxidation sites excluding steroid dienone is 1. The van der Waals surface area contributed by atoms with Gasteiger partial charge in [-0.05, 0) is 66.8 Å². The zero-order chi connectivity index (χ0) is 27.0. The van der Waals surface area contributed by atoms with Crippen molar-refractivity contribution in [1.82, 2.24) is 5.32 Å². The molecular formula is C30H43N3O3S. The third-order valence-electron chi connectivity index (χ3n) is 7.05. The number of anilines is 1. The van der Waals surface area contributed by atoms with Crippen LogP contribution < -0.4 is 15.4 Å². The molecule has 3 rings (SSSR count). The summed E-state index contributed by atoms with van der Waals surface area (Å²) in [5, 5.41) is 3.18. The summed E-state index contributed by atoms with van der Waals surface area (Å²) in [6, 6.07) is 15.0. The first-order valence-electron chi connectivity index (χ1n) is 13.5. The maximum Gasteiger partial charge on any atom is 0.251 e. The number of sulfonamides is 1. The molecule has 0 radical (unpaired) electrons. The summed E-state index contributed by atoms with van der Waals surface area (Å²) < 4.78 is 26.6. The monoisotopic (exact) mass is 525 g/mol. The first kappa shape index (κ1) is 28.9. The van der Waals surface area contributed by atoms with Gasteiger partial charge in [-0.1, -0.05) is 76.1 Å². The lowest BCUT2D eigenvalue weighted by atomic mass is 9.95. The predicted octanol–water partition coefficient (Wildman–Crippen LogP) is 5.39. The van der Waals surface area contributed by atoms with E-state index in [-0.39, 0.29) is 18.0 Å². The molecule has 1 aliphatic carbocycles. The van der Waals surface area contributed by atoms with Crippen LogP contribution >= 0.6 is 0 Å². The fourth-order valence-electron chi connectivity index (χ4n) is 4.62. The van der Waals surface area contributed by atoms with Crippen LogP contribution in [-0.2, 0) is 16.4 Å². The minimum Gasteiger partial charge on any atom is -0.347 e. The highest BCUT2D eigenvalue weighted by Gasteiger charge is 2.29. The lowest BCUT2D eigenvalue weighted by molar-refractivity contribution is 0.0929. The zero-order valence-electron chi connectivity index (χ0n) is 22.7. The van der Waals surface area contributed by atoms with E-state index in [1.54, 1.807) is 6.07 Å². The van der Waals surface area contributed by atoms with Crippen molar-refractivity contribution in [1.29, 1.82) is 0 Å². The standard InChI is InChI=1S/C30H43N3O3S/c1-5-7-13-28(31)29(20-23-11-9-8-10-12-23)32-30(34)26-18-24(14-15-25-17-22(25)3)19-27(21-26)33(16-6-2)37(4,35)36/h8-12,14-15,18-19,21-22,25,28-29H,5-7,13,16-17,20,31H2,1-4H3,(H,32,34)/t22?,25?,28-,29-/m0/s1. The molecule has 37 heavy (non-hydrogen) atoms. The minimum atomic E-state index is -3.50. The predicted molar refractivity (Wildman–Crippen MR) is 154 cm³/mol. The van der Waals surface area contributed by atoms with Gasteiger partial charge in [0.25, 0.3) is 5.91 Å². The molecule has 3 N–H and O–H groups in total. The summed E-state index contributed by atoms with van der Waals surface area (Å²) in [6.07, 6.45) is 10.7. The summed E-state index contributed by atoms with van der Waals surface area (Å²) >= 11 is 0. The van der Waals surface area contributed by atoms with E-state index in [0.29, 0.717) is 42.5 Å². The molecule has 202 valence electrons. The van der Waals surface area contributed by atoms with Crippen molar-refractivity contribution < 1.29 is 13.2 Å². The number of amides is 1. The molecule has 1 aliphatic rings. The molecule has 7 heteroatoms. The van der Waals surface area contributed by atoms with Crippen LogP contribution in [0.2, 0.25) is 0 Å². The Morgan fingerprint density at radius 2 is 1.86 bits per heavy atom. The quantitative estimate of drug-likeness (QED) is 0.346. The number of carbonyl (C=O) groups excluding carboxylic acids is 1. The number of unbranched alkanes of at least 4 members (excludes halogenated alkanes) is 1. The van der Waals surface area contributed by atoms with Gasteiger partial charge in [-0.2, -0.15) is 0 Å². The number of hydrogen-bond donors (Lipinski definition) is 2. The normalized spacial score (nSPS) is 18.9. The molecule has 0 bridgehead atoms. The Balaban J connectivity index is 1.93. The third-order valence-corrected chi connectivity index (χ3v) is 8.24. The molecular weight excluding hydrogens is 482 g/mol. The van der Waals surface area contributed by atoms with Crippen LogP contribution in [0.25, 0.3) is 6.08 Å². The lowest BCUT2D eigenvalue weighted by Crippen LogP contribution is -2.49. The summed E-state index contributed by atoms with van der Waals surface area (Å²) in [4.78, 5) is 13.6. The number of nitrogens with two attached hydrogens (primary N) is 1. The maximum absolute atomic E-state index is 13.6. The highest BCUT2D eigenvalue weighted by molar-refractivity contribution is 7.92. The van der Waals surface area contributed by atoms with Crippen LogP contribution in [0, 0.1) is 11.8 Å². The molecule has 0 spiro atoms. The summed E-state index contributed by atoms with van der Waals surface area (Å²) in [7, 11) is -3.50. The van der Waals surface area contributed by atoms with Crippen LogP contribution in [0.4, 0.5) is 5.69 Å². The lowest BCUT2D eigenvalue weighted by Gasteiger charge is -2.26. The number of benzene rings is 2. The molecule has 4 atom stereocenters. The number of carbonyl (C=O) groups is 1.